The lowest BCUT2D eigenvalue weighted by molar-refractivity contribution is -0.120. The molecule has 4 heteroatoms. The zero-order valence-corrected chi connectivity index (χ0v) is 9.03. The Morgan fingerprint density at radius 1 is 1.53 bits per heavy atom. The van der Waals surface area contributed by atoms with Crippen LogP contribution in [0.3, 0.4) is 0 Å². The number of furan rings is 1. The van der Waals surface area contributed by atoms with E-state index in [1.165, 1.54) is 0 Å². The molecule has 4 nitrogen and oxygen atoms in total. The van der Waals surface area contributed by atoms with Gasteiger partial charge in [-0.2, -0.15) is 0 Å². The molecule has 0 aliphatic carbocycles. The maximum atomic E-state index is 5.46. The standard InChI is InChI=1S/C11H15NO3/c1-3-13-11-7-9(12-15-11)6-10-5-4-8(2)14-10/h4-5,11H,3,6-7H2,1-2H3. The van der Waals surface area contributed by atoms with E-state index in [4.69, 9.17) is 14.0 Å². The molecule has 2 rings (SSSR count). The van der Waals surface area contributed by atoms with Gasteiger partial charge in [-0.1, -0.05) is 5.16 Å². The minimum absolute atomic E-state index is 0.207. The van der Waals surface area contributed by atoms with Gasteiger partial charge in [0, 0.05) is 13.0 Å². The van der Waals surface area contributed by atoms with Gasteiger partial charge in [-0.05, 0) is 26.0 Å². The van der Waals surface area contributed by atoms with Gasteiger partial charge in [0.15, 0.2) is 0 Å². The van der Waals surface area contributed by atoms with E-state index in [0.29, 0.717) is 13.0 Å². The summed E-state index contributed by atoms with van der Waals surface area (Å²) in [6.07, 6.45) is 1.23. The van der Waals surface area contributed by atoms with Gasteiger partial charge in [0.05, 0.1) is 12.1 Å². The van der Waals surface area contributed by atoms with Crippen molar-refractivity contribution in [3.05, 3.63) is 23.7 Å². The predicted molar refractivity (Wildman–Crippen MR) is 55.7 cm³/mol. The monoisotopic (exact) mass is 209 g/mol. The molecule has 0 bridgehead atoms. The van der Waals surface area contributed by atoms with E-state index >= 15 is 0 Å². The fourth-order valence-corrected chi connectivity index (χ4v) is 1.56. The van der Waals surface area contributed by atoms with Crippen LogP contribution < -0.4 is 0 Å². The number of oxime groups is 1. The van der Waals surface area contributed by atoms with Crippen LogP contribution in [0.2, 0.25) is 0 Å². The predicted octanol–water partition coefficient (Wildman–Crippen LogP) is 2.27. The largest absolute Gasteiger partial charge is 0.466 e. The fraction of sp³-hybridized carbons (Fsp3) is 0.545. The number of rotatable bonds is 4. The molecule has 2 heterocycles. The molecule has 1 aromatic heterocycles. The smallest absolute Gasteiger partial charge is 0.232 e. The number of aryl methyl sites for hydroxylation is 1. The maximum absolute atomic E-state index is 5.46. The van der Waals surface area contributed by atoms with Gasteiger partial charge in [-0.25, -0.2) is 0 Å². The summed E-state index contributed by atoms with van der Waals surface area (Å²) < 4.78 is 10.8. The van der Waals surface area contributed by atoms with Gasteiger partial charge >= 0.3 is 0 Å². The molecule has 1 aliphatic heterocycles. The second-order valence-electron chi connectivity index (χ2n) is 3.54. The topological polar surface area (TPSA) is 44.0 Å². The molecule has 0 radical (unpaired) electrons. The Hall–Kier alpha value is -1.29. The number of hydrogen-bond acceptors (Lipinski definition) is 4. The lowest BCUT2D eigenvalue weighted by Crippen LogP contribution is -2.13. The molecule has 0 saturated carbocycles. The van der Waals surface area contributed by atoms with Crippen molar-refractivity contribution in [2.45, 2.75) is 33.0 Å². The lowest BCUT2D eigenvalue weighted by atomic mass is 10.2. The molecule has 0 N–H and O–H groups in total. The van der Waals surface area contributed by atoms with Crippen molar-refractivity contribution in [2.75, 3.05) is 6.61 Å². The van der Waals surface area contributed by atoms with E-state index < -0.39 is 0 Å². The van der Waals surface area contributed by atoms with Crippen LogP contribution >= 0.6 is 0 Å². The highest BCUT2D eigenvalue weighted by Crippen LogP contribution is 2.16. The quantitative estimate of drug-likeness (QED) is 0.764. The summed E-state index contributed by atoms with van der Waals surface area (Å²) in [4.78, 5) is 5.11. The first-order valence-corrected chi connectivity index (χ1v) is 5.16. The Morgan fingerprint density at radius 2 is 2.40 bits per heavy atom. The van der Waals surface area contributed by atoms with Crippen LogP contribution in [0.1, 0.15) is 24.9 Å². The molecule has 0 amide bonds. The molecule has 0 fully saturated rings. The SMILES string of the molecule is CCOC1CC(Cc2ccc(C)o2)=NO1. The molecule has 1 aromatic rings. The number of nitrogens with zero attached hydrogens (tertiary/aromatic N) is 1. The molecule has 0 spiro atoms. The van der Waals surface area contributed by atoms with Crippen molar-refractivity contribution in [2.24, 2.45) is 5.16 Å². The Labute approximate surface area is 88.9 Å². The molecule has 15 heavy (non-hydrogen) atoms. The van der Waals surface area contributed by atoms with E-state index in [1.807, 2.05) is 26.0 Å². The van der Waals surface area contributed by atoms with Crippen LogP contribution in [0.25, 0.3) is 0 Å². The van der Waals surface area contributed by atoms with Crippen molar-refractivity contribution in [1.82, 2.24) is 0 Å². The van der Waals surface area contributed by atoms with Crippen LogP contribution in [0, 0.1) is 6.92 Å². The Bertz CT molecular complexity index is 356. The molecular formula is C11H15NO3. The third-order valence-electron chi connectivity index (χ3n) is 2.23. The second-order valence-corrected chi connectivity index (χ2v) is 3.54. The van der Waals surface area contributed by atoms with Gasteiger partial charge in [0.2, 0.25) is 6.29 Å². The molecule has 0 aromatic carbocycles. The molecular weight excluding hydrogens is 194 g/mol. The minimum atomic E-state index is -0.207. The number of hydrogen-bond donors (Lipinski definition) is 0. The highest BCUT2D eigenvalue weighted by Gasteiger charge is 2.21. The second kappa shape index (κ2) is 4.49. The van der Waals surface area contributed by atoms with Crippen molar-refractivity contribution in [3.8, 4) is 0 Å². The Kier molecular flexibility index (Phi) is 3.06. The number of ether oxygens (including phenoxy) is 1. The summed E-state index contributed by atoms with van der Waals surface area (Å²) in [6, 6.07) is 3.91. The maximum Gasteiger partial charge on any atom is 0.232 e. The van der Waals surface area contributed by atoms with Gasteiger partial charge in [0.25, 0.3) is 0 Å². The first kappa shape index (κ1) is 10.2. The molecule has 1 atom stereocenters. The molecule has 82 valence electrons. The van der Waals surface area contributed by atoms with Gasteiger partial charge in [0.1, 0.15) is 11.5 Å². The minimum Gasteiger partial charge on any atom is -0.466 e. The lowest BCUT2D eigenvalue weighted by Gasteiger charge is -2.05. The zero-order chi connectivity index (χ0) is 10.7. The third kappa shape index (κ3) is 2.59. The Morgan fingerprint density at radius 3 is 3.07 bits per heavy atom. The van der Waals surface area contributed by atoms with Crippen molar-refractivity contribution < 1.29 is 14.0 Å². The highest BCUT2D eigenvalue weighted by molar-refractivity contribution is 5.86. The summed E-state index contributed by atoms with van der Waals surface area (Å²) >= 11 is 0. The van der Waals surface area contributed by atoms with Gasteiger partial charge in [-0.15, -0.1) is 0 Å². The highest BCUT2D eigenvalue weighted by atomic mass is 16.8. The molecule has 1 unspecified atom stereocenters. The normalized spacial score (nSPS) is 20.1. The van der Waals surface area contributed by atoms with Crippen LogP contribution in [0.5, 0.6) is 0 Å². The van der Waals surface area contributed by atoms with Crippen molar-refractivity contribution in [1.29, 1.82) is 0 Å². The molecule has 0 saturated heterocycles. The molecule has 1 aliphatic rings. The first-order chi connectivity index (χ1) is 7.28. The van der Waals surface area contributed by atoms with Crippen LogP contribution in [-0.4, -0.2) is 18.6 Å². The van der Waals surface area contributed by atoms with E-state index in [1.54, 1.807) is 0 Å². The van der Waals surface area contributed by atoms with Gasteiger partial charge in [-0.3, -0.25) is 0 Å². The summed E-state index contributed by atoms with van der Waals surface area (Å²) in [7, 11) is 0. The first-order valence-electron chi connectivity index (χ1n) is 5.16. The summed E-state index contributed by atoms with van der Waals surface area (Å²) in [6.45, 7) is 4.52. The van der Waals surface area contributed by atoms with Crippen molar-refractivity contribution in [3.63, 3.8) is 0 Å². The van der Waals surface area contributed by atoms with Crippen molar-refractivity contribution >= 4 is 5.71 Å². The summed E-state index contributed by atoms with van der Waals surface area (Å²) in [5.74, 6) is 1.85. The average molecular weight is 209 g/mol. The van der Waals surface area contributed by atoms with E-state index in [2.05, 4.69) is 5.16 Å². The van der Waals surface area contributed by atoms with E-state index in [9.17, 15) is 0 Å². The van der Waals surface area contributed by atoms with Crippen LogP contribution in [0.4, 0.5) is 0 Å². The van der Waals surface area contributed by atoms with E-state index in [0.717, 1.165) is 23.7 Å². The third-order valence-corrected chi connectivity index (χ3v) is 2.23. The zero-order valence-electron chi connectivity index (χ0n) is 9.03. The summed E-state index contributed by atoms with van der Waals surface area (Å²) in [5, 5.41) is 3.97. The average Bonchev–Trinajstić information content (AvgIpc) is 2.78. The van der Waals surface area contributed by atoms with Crippen LogP contribution in [-0.2, 0) is 16.0 Å². The Balaban J connectivity index is 1.87. The van der Waals surface area contributed by atoms with E-state index in [-0.39, 0.29) is 6.29 Å². The fourth-order valence-electron chi connectivity index (χ4n) is 1.56. The van der Waals surface area contributed by atoms with Gasteiger partial charge < -0.3 is 14.0 Å². The van der Waals surface area contributed by atoms with Crippen LogP contribution in [0.15, 0.2) is 21.7 Å². The summed E-state index contributed by atoms with van der Waals surface area (Å²) in [5.41, 5.74) is 0.975.